The van der Waals surface area contributed by atoms with E-state index in [0.29, 0.717) is 29.1 Å². The Labute approximate surface area is 173 Å². The van der Waals surface area contributed by atoms with Crippen molar-refractivity contribution in [1.29, 1.82) is 0 Å². The molecule has 2 heterocycles. The van der Waals surface area contributed by atoms with Crippen LogP contribution in [-0.4, -0.2) is 30.5 Å². The summed E-state index contributed by atoms with van der Waals surface area (Å²) < 4.78 is 5.04. The molecule has 0 unspecified atom stereocenters. The SMILES string of the molecule is O=C(NCC1CCN(c2ccc3ccccc3c2)CC1)c1ccc2[nH]c(=O)oc2c1. The maximum absolute atomic E-state index is 12.5. The molecule has 0 aliphatic carbocycles. The van der Waals surface area contributed by atoms with Gasteiger partial charge in [-0.25, -0.2) is 4.79 Å². The molecule has 1 aromatic heterocycles. The first-order valence-corrected chi connectivity index (χ1v) is 10.3. The largest absolute Gasteiger partial charge is 0.417 e. The summed E-state index contributed by atoms with van der Waals surface area (Å²) in [5, 5.41) is 5.56. The predicted octanol–water partition coefficient (Wildman–Crippen LogP) is 3.92. The van der Waals surface area contributed by atoms with Gasteiger partial charge in [-0.2, -0.15) is 0 Å². The van der Waals surface area contributed by atoms with Crippen LogP contribution >= 0.6 is 0 Å². The van der Waals surface area contributed by atoms with Crippen LogP contribution in [0.3, 0.4) is 0 Å². The Morgan fingerprint density at radius 1 is 1.03 bits per heavy atom. The second-order valence-corrected chi connectivity index (χ2v) is 7.90. The molecule has 3 aromatic carbocycles. The number of hydrogen-bond acceptors (Lipinski definition) is 4. The Morgan fingerprint density at radius 3 is 2.67 bits per heavy atom. The summed E-state index contributed by atoms with van der Waals surface area (Å²) in [6.45, 7) is 2.62. The third-order valence-electron chi connectivity index (χ3n) is 5.95. The number of carbonyl (C=O) groups is 1. The molecule has 1 saturated heterocycles. The molecule has 0 spiro atoms. The third-order valence-corrected chi connectivity index (χ3v) is 5.95. The average Bonchev–Trinajstić information content (AvgIpc) is 3.16. The average molecular weight is 401 g/mol. The number of nitrogens with zero attached hydrogens (tertiary/aromatic N) is 1. The quantitative estimate of drug-likeness (QED) is 0.543. The molecule has 152 valence electrons. The summed E-state index contributed by atoms with van der Waals surface area (Å²) in [6.07, 6.45) is 2.08. The summed E-state index contributed by atoms with van der Waals surface area (Å²) in [6, 6.07) is 20.0. The van der Waals surface area contributed by atoms with E-state index in [-0.39, 0.29) is 5.91 Å². The van der Waals surface area contributed by atoms with Crippen molar-refractivity contribution in [2.45, 2.75) is 12.8 Å². The second kappa shape index (κ2) is 7.71. The normalized spacial score (nSPS) is 15.0. The van der Waals surface area contributed by atoms with Gasteiger partial charge in [0.25, 0.3) is 5.91 Å². The summed E-state index contributed by atoms with van der Waals surface area (Å²) in [5.74, 6) is -0.196. The van der Waals surface area contributed by atoms with Gasteiger partial charge in [-0.05, 0) is 59.9 Å². The molecule has 1 amide bonds. The van der Waals surface area contributed by atoms with Gasteiger partial charge in [0.2, 0.25) is 0 Å². The highest BCUT2D eigenvalue weighted by Gasteiger charge is 2.20. The Balaban J connectivity index is 1.17. The molecule has 1 aliphatic heterocycles. The molecule has 6 nitrogen and oxygen atoms in total. The number of nitrogens with one attached hydrogen (secondary N) is 2. The molecule has 1 fully saturated rings. The summed E-state index contributed by atoms with van der Waals surface area (Å²) in [5.41, 5.74) is 2.75. The summed E-state index contributed by atoms with van der Waals surface area (Å²) in [4.78, 5) is 28.8. The molecular weight excluding hydrogens is 378 g/mol. The first-order chi connectivity index (χ1) is 14.7. The number of carbonyl (C=O) groups excluding carboxylic acids is 1. The van der Waals surface area contributed by atoms with Crippen molar-refractivity contribution < 1.29 is 9.21 Å². The lowest BCUT2D eigenvalue weighted by Crippen LogP contribution is -2.38. The van der Waals surface area contributed by atoms with E-state index in [0.717, 1.165) is 25.9 Å². The Kier molecular flexibility index (Phi) is 4.75. The van der Waals surface area contributed by atoms with Crippen molar-refractivity contribution in [2.75, 3.05) is 24.5 Å². The standard InChI is InChI=1S/C24H23N3O3/c28-23(19-6-8-21-22(14-19)30-24(29)26-21)25-15-16-9-11-27(12-10-16)20-7-5-17-3-1-2-4-18(17)13-20/h1-8,13-14,16H,9-12,15H2,(H,25,28)(H,26,29). The maximum atomic E-state index is 12.5. The molecule has 0 radical (unpaired) electrons. The van der Waals surface area contributed by atoms with Crippen molar-refractivity contribution in [1.82, 2.24) is 10.3 Å². The van der Waals surface area contributed by atoms with Crippen molar-refractivity contribution in [3.63, 3.8) is 0 Å². The zero-order valence-corrected chi connectivity index (χ0v) is 16.6. The number of hydrogen-bond donors (Lipinski definition) is 2. The topological polar surface area (TPSA) is 78.3 Å². The minimum Gasteiger partial charge on any atom is -0.408 e. The lowest BCUT2D eigenvalue weighted by Gasteiger charge is -2.33. The second-order valence-electron chi connectivity index (χ2n) is 7.90. The van der Waals surface area contributed by atoms with Crippen LogP contribution in [0.2, 0.25) is 0 Å². The van der Waals surface area contributed by atoms with Gasteiger partial charge in [0.05, 0.1) is 5.52 Å². The highest BCUT2D eigenvalue weighted by molar-refractivity contribution is 5.97. The maximum Gasteiger partial charge on any atom is 0.417 e. The van der Waals surface area contributed by atoms with Gasteiger partial charge >= 0.3 is 5.76 Å². The molecule has 6 heteroatoms. The predicted molar refractivity (Wildman–Crippen MR) is 118 cm³/mol. The van der Waals surface area contributed by atoms with Crippen LogP contribution in [0.4, 0.5) is 5.69 Å². The van der Waals surface area contributed by atoms with Crippen molar-refractivity contribution in [2.24, 2.45) is 5.92 Å². The summed E-state index contributed by atoms with van der Waals surface area (Å²) >= 11 is 0. The first-order valence-electron chi connectivity index (χ1n) is 10.3. The Bertz CT molecular complexity index is 1270. The summed E-state index contributed by atoms with van der Waals surface area (Å²) in [7, 11) is 0. The number of rotatable bonds is 4. The number of aromatic amines is 1. The number of benzene rings is 3. The molecular formula is C24H23N3O3. The Morgan fingerprint density at radius 2 is 1.83 bits per heavy atom. The molecule has 0 bridgehead atoms. The molecule has 0 atom stereocenters. The first kappa shape index (κ1) is 18.5. The number of H-pyrrole nitrogens is 1. The zero-order chi connectivity index (χ0) is 20.5. The van der Waals surface area contributed by atoms with Crippen LogP contribution in [0.25, 0.3) is 21.9 Å². The number of piperidine rings is 1. The van der Waals surface area contributed by atoms with E-state index >= 15 is 0 Å². The number of aromatic nitrogens is 1. The highest BCUT2D eigenvalue weighted by atomic mass is 16.4. The van der Waals surface area contributed by atoms with Crippen LogP contribution in [-0.2, 0) is 0 Å². The van der Waals surface area contributed by atoms with Crippen LogP contribution in [0, 0.1) is 5.92 Å². The van der Waals surface area contributed by atoms with E-state index in [4.69, 9.17) is 4.42 Å². The van der Waals surface area contributed by atoms with Gasteiger partial charge in [-0.3, -0.25) is 9.78 Å². The minimum atomic E-state index is -0.513. The molecule has 30 heavy (non-hydrogen) atoms. The van der Waals surface area contributed by atoms with Crippen LogP contribution < -0.4 is 16.0 Å². The van der Waals surface area contributed by atoms with E-state index in [2.05, 4.69) is 57.7 Å². The van der Waals surface area contributed by atoms with Gasteiger partial charge in [0, 0.05) is 30.9 Å². The van der Waals surface area contributed by atoms with Gasteiger partial charge < -0.3 is 14.6 Å². The number of fused-ring (bicyclic) bond motifs is 2. The van der Waals surface area contributed by atoms with E-state index < -0.39 is 5.76 Å². The third kappa shape index (κ3) is 3.68. The lowest BCUT2D eigenvalue weighted by atomic mass is 9.96. The zero-order valence-electron chi connectivity index (χ0n) is 16.6. The number of amides is 1. The van der Waals surface area contributed by atoms with Gasteiger partial charge in [0.15, 0.2) is 5.58 Å². The monoisotopic (exact) mass is 401 g/mol. The molecule has 2 N–H and O–H groups in total. The molecule has 5 rings (SSSR count). The van der Waals surface area contributed by atoms with Crippen molar-refractivity contribution in [3.05, 3.63) is 76.8 Å². The van der Waals surface area contributed by atoms with E-state index in [1.807, 2.05) is 0 Å². The van der Waals surface area contributed by atoms with E-state index in [1.54, 1.807) is 18.2 Å². The highest BCUT2D eigenvalue weighted by Crippen LogP contribution is 2.26. The van der Waals surface area contributed by atoms with Gasteiger partial charge in [-0.15, -0.1) is 0 Å². The van der Waals surface area contributed by atoms with Gasteiger partial charge in [0.1, 0.15) is 0 Å². The fourth-order valence-corrected chi connectivity index (χ4v) is 4.19. The fourth-order valence-electron chi connectivity index (χ4n) is 4.19. The smallest absolute Gasteiger partial charge is 0.408 e. The van der Waals surface area contributed by atoms with Crippen molar-refractivity contribution >= 4 is 33.5 Å². The van der Waals surface area contributed by atoms with E-state index in [9.17, 15) is 9.59 Å². The van der Waals surface area contributed by atoms with E-state index in [1.165, 1.54) is 16.5 Å². The van der Waals surface area contributed by atoms with Gasteiger partial charge in [-0.1, -0.05) is 30.3 Å². The fraction of sp³-hybridized carbons (Fsp3) is 0.250. The minimum absolute atomic E-state index is 0.141. The molecule has 1 aliphatic rings. The number of anilines is 1. The number of oxazole rings is 1. The lowest BCUT2D eigenvalue weighted by molar-refractivity contribution is 0.0945. The van der Waals surface area contributed by atoms with Crippen LogP contribution in [0.5, 0.6) is 0 Å². The molecule has 4 aromatic rings. The van der Waals surface area contributed by atoms with Crippen molar-refractivity contribution in [3.8, 4) is 0 Å². The van der Waals surface area contributed by atoms with Crippen LogP contribution in [0.1, 0.15) is 23.2 Å². The van der Waals surface area contributed by atoms with Crippen LogP contribution in [0.15, 0.2) is 69.9 Å². The Hall–Kier alpha value is -3.54. The molecule has 0 saturated carbocycles.